The lowest BCUT2D eigenvalue weighted by Crippen LogP contribution is -2.41. The van der Waals surface area contributed by atoms with Gasteiger partial charge in [-0.05, 0) is 45.2 Å². The quantitative estimate of drug-likeness (QED) is 0.857. The highest BCUT2D eigenvalue weighted by Crippen LogP contribution is 2.28. The lowest BCUT2D eigenvalue weighted by Gasteiger charge is -2.31. The number of nitrogens with zero attached hydrogens (tertiary/aromatic N) is 1. The van der Waals surface area contributed by atoms with Crippen LogP contribution in [-0.4, -0.2) is 39.8 Å². The van der Waals surface area contributed by atoms with Crippen LogP contribution in [0.3, 0.4) is 0 Å². The third-order valence-corrected chi connectivity index (χ3v) is 3.77. The van der Waals surface area contributed by atoms with Gasteiger partial charge in [0.2, 0.25) is 0 Å². The van der Waals surface area contributed by atoms with Gasteiger partial charge in [0.15, 0.2) is 0 Å². The Bertz CT molecular complexity index is 385. The lowest BCUT2D eigenvalue weighted by atomic mass is 9.99. The molecular formula is C16H25NO2. The highest BCUT2D eigenvalue weighted by Gasteiger charge is 2.30. The second kappa shape index (κ2) is 6.04. The molecule has 1 aliphatic rings. The number of likely N-dealkylation sites (tertiary alicyclic amines) is 1. The van der Waals surface area contributed by atoms with Crippen molar-refractivity contribution in [1.82, 2.24) is 4.90 Å². The van der Waals surface area contributed by atoms with E-state index in [2.05, 4.69) is 4.90 Å². The van der Waals surface area contributed by atoms with Gasteiger partial charge in [-0.1, -0.05) is 30.3 Å². The minimum Gasteiger partial charge on any atom is -0.389 e. The molecule has 0 spiro atoms. The van der Waals surface area contributed by atoms with Gasteiger partial charge in [0.25, 0.3) is 0 Å². The maximum absolute atomic E-state index is 10.3. The van der Waals surface area contributed by atoms with Gasteiger partial charge in [0, 0.05) is 12.6 Å². The van der Waals surface area contributed by atoms with E-state index in [9.17, 15) is 10.2 Å². The van der Waals surface area contributed by atoms with Crippen LogP contribution in [0.25, 0.3) is 0 Å². The highest BCUT2D eigenvalue weighted by atomic mass is 16.3. The van der Waals surface area contributed by atoms with Crippen molar-refractivity contribution in [2.24, 2.45) is 0 Å². The van der Waals surface area contributed by atoms with E-state index < -0.39 is 11.7 Å². The summed E-state index contributed by atoms with van der Waals surface area (Å²) in [7, 11) is 0. The Morgan fingerprint density at radius 3 is 2.63 bits per heavy atom. The normalized spacial score (nSPS) is 22.6. The number of aliphatic hydroxyl groups is 2. The van der Waals surface area contributed by atoms with Crippen LogP contribution in [0.4, 0.5) is 0 Å². The first kappa shape index (κ1) is 14.5. The Morgan fingerprint density at radius 2 is 2.00 bits per heavy atom. The summed E-state index contributed by atoms with van der Waals surface area (Å²) in [6, 6.07) is 10.2. The SMILES string of the molecule is CC(C)(O)CN1CCCC1CC(O)c1ccccc1. The topological polar surface area (TPSA) is 43.7 Å². The van der Waals surface area contributed by atoms with Crippen molar-refractivity contribution in [1.29, 1.82) is 0 Å². The molecule has 2 unspecified atom stereocenters. The summed E-state index contributed by atoms with van der Waals surface area (Å²) < 4.78 is 0. The van der Waals surface area contributed by atoms with Gasteiger partial charge in [-0.3, -0.25) is 4.90 Å². The average Bonchev–Trinajstić information content (AvgIpc) is 2.75. The summed E-state index contributed by atoms with van der Waals surface area (Å²) in [5, 5.41) is 20.3. The zero-order valence-corrected chi connectivity index (χ0v) is 11.9. The molecule has 0 saturated carbocycles. The number of hydrogen-bond acceptors (Lipinski definition) is 3. The maximum Gasteiger partial charge on any atom is 0.0805 e. The Hall–Kier alpha value is -0.900. The fraction of sp³-hybridized carbons (Fsp3) is 0.625. The van der Waals surface area contributed by atoms with Crippen LogP contribution < -0.4 is 0 Å². The van der Waals surface area contributed by atoms with E-state index in [-0.39, 0.29) is 0 Å². The second-order valence-electron chi connectivity index (χ2n) is 6.24. The minimum atomic E-state index is -0.666. The van der Waals surface area contributed by atoms with Crippen LogP contribution in [0.1, 0.15) is 44.8 Å². The second-order valence-corrected chi connectivity index (χ2v) is 6.24. The highest BCUT2D eigenvalue weighted by molar-refractivity contribution is 5.17. The average molecular weight is 263 g/mol. The Balaban J connectivity index is 1.94. The Morgan fingerprint density at radius 1 is 1.32 bits per heavy atom. The van der Waals surface area contributed by atoms with E-state index in [4.69, 9.17) is 0 Å². The summed E-state index contributed by atoms with van der Waals surface area (Å²) in [6.45, 7) is 5.39. The zero-order valence-electron chi connectivity index (χ0n) is 11.9. The predicted octanol–water partition coefficient (Wildman–Crippen LogP) is 2.35. The van der Waals surface area contributed by atoms with Gasteiger partial charge in [0.05, 0.1) is 11.7 Å². The molecule has 0 aliphatic carbocycles. The largest absolute Gasteiger partial charge is 0.389 e. The summed E-state index contributed by atoms with van der Waals surface area (Å²) in [5.41, 5.74) is 0.318. The van der Waals surface area contributed by atoms with E-state index in [0.29, 0.717) is 12.6 Å². The van der Waals surface area contributed by atoms with E-state index in [0.717, 1.165) is 31.4 Å². The lowest BCUT2D eigenvalue weighted by molar-refractivity contribution is 0.0227. The molecule has 0 radical (unpaired) electrons. The van der Waals surface area contributed by atoms with Gasteiger partial charge >= 0.3 is 0 Å². The fourth-order valence-electron chi connectivity index (χ4n) is 2.94. The zero-order chi connectivity index (χ0) is 13.9. The monoisotopic (exact) mass is 263 g/mol. The third-order valence-electron chi connectivity index (χ3n) is 3.77. The number of aliphatic hydroxyl groups excluding tert-OH is 1. The smallest absolute Gasteiger partial charge is 0.0805 e. The van der Waals surface area contributed by atoms with Gasteiger partial charge in [0.1, 0.15) is 0 Å². The van der Waals surface area contributed by atoms with Crippen LogP contribution >= 0.6 is 0 Å². The van der Waals surface area contributed by atoms with Crippen molar-refractivity contribution in [3.63, 3.8) is 0 Å². The van der Waals surface area contributed by atoms with Gasteiger partial charge in [-0.2, -0.15) is 0 Å². The molecule has 0 amide bonds. The Labute approximate surface area is 115 Å². The van der Waals surface area contributed by atoms with Crippen molar-refractivity contribution in [3.8, 4) is 0 Å². The van der Waals surface area contributed by atoms with Crippen molar-refractivity contribution >= 4 is 0 Å². The molecule has 0 aromatic heterocycles. The molecule has 1 saturated heterocycles. The standard InChI is InChI=1S/C16H25NO2/c1-16(2,19)12-17-10-6-9-14(17)11-15(18)13-7-4-3-5-8-13/h3-5,7-8,14-15,18-19H,6,9-12H2,1-2H3. The van der Waals surface area contributed by atoms with Gasteiger partial charge < -0.3 is 10.2 Å². The molecule has 3 nitrogen and oxygen atoms in total. The molecule has 0 bridgehead atoms. The number of hydrogen-bond donors (Lipinski definition) is 2. The van der Waals surface area contributed by atoms with Crippen molar-refractivity contribution in [2.75, 3.05) is 13.1 Å². The van der Waals surface area contributed by atoms with Crippen LogP contribution in [0.15, 0.2) is 30.3 Å². The van der Waals surface area contributed by atoms with E-state index in [1.807, 2.05) is 44.2 Å². The molecule has 1 aliphatic heterocycles. The first-order chi connectivity index (χ1) is 8.96. The van der Waals surface area contributed by atoms with E-state index in [1.165, 1.54) is 0 Å². The predicted molar refractivity (Wildman–Crippen MR) is 76.9 cm³/mol. The van der Waals surface area contributed by atoms with Crippen LogP contribution in [0, 0.1) is 0 Å². The van der Waals surface area contributed by atoms with Crippen LogP contribution in [0.5, 0.6) is 0 Å². The molecule has 1 aromatic carbocycles. The maximum atomic E-state index is 10.3. The molecular weight excluding hydrogens is 238 g/mol. The summed E-state index contributed by atoms with van der Waals surface area (Å²) in [4.78, 5) is 2.31. The first-order valence-corrected chi connectivity index (χ1v) is 7.15. The molecule has 106 valence electrons. The fourth-order valence-corrected chi connectivity index (χ4v) is 2.94. The van der Waals surface area contributed by atoms with E-state index in [1.54, 1.807) is 0 Å². The number of rotatable bonds is 5. The Kier molecular flexibility index (Phi) is 4.61. The van der Waals surface area contributed by atoms with Crippen LogP contribution in [0.2, 0.25) is 0 Å². The van der Waals surface area contributed by atoms with E-state index >= 15 is 0 Å². The molecule has 2 N–H and O–H groups in total. The first-order valence-electron chi connectivity index (χ1n) is 7.15. The summed E-state index contributed by atoms with van der Waals surface area (Å²) in [5.74, 6) is 0. The number of β-amino-alcohol motifs (C(OH)–C–C–N with tert-alkyl or cyclic N) is 1. The molecule has 1 fully saturated rings. The molecule has 3 heteroatoms. The minimum absolute atomic E-state index is 0.377. The van der Waals surface area contributed by atoms with Crippen molar-refractivity contribution in [3.05, 3.63) is 35.9 Å². The summed E-state index contributed by atoms with van der Waals surface area (Å²) in [6.07, 6.45) is 2.61. The third kappa shape index (κ3) is 4.30. The molecule has 1 heterocycles. The number of benzene rings is 1. The molecule has 19 heavy (non-hydrogen) atoms. The molecule has 1 aromatic rings. The van der Waals surface area contributed by atoms with Gasteiger partial charge in [-0.25, -0.2) is 0 Å². The summed E-state index contributed by atoms with van der Waals surface area (Å²) >= 11 is 0. The van der Waals surface area contributed by atoms with Crippen molar-refractivity contribution < 1.29 is 10.2 Å². The van der Waals surface area contributed by atoms with Crippen molar-refractivity contribution in [2.45, 2.75) is 50.9 Å². The van der Waals surface area contributed by atoms with Gasteiger partial charge in [-0.15, -0.1) is 0 Å². The molecule has 2 atom stereocenters. The van der Waals surface area contributed by atoms with Crippen LogP contribution in [-0.2, 0) is 0 Å². The molecule has 2 rings (SSSR count).